The molecule has 186 valence electrons. The Labute approximate surface area is 195 Å². The fraction of sp³-hybridized carbons (Fsp3) is 0.833. The maximum absolute atomic E-state index is 8.54. The van der Waals surface area contributed by atoms with E-state index in [2.05, 4.69) is 79.6 Å². The monoisotopic (exact) mass is 476 g/mol. The van der Waals surface area contributed by atoms with Gasteiger partial charge in [0.25, 0.3) is 0 Å². The van der Waals surface area contributed by atoms with Crippen molar-refractivity contribution >= 4 is 16.6 Å². The summed E-state index contributed by atoms with van der Waals surface area (Å²) in [7, 11) is -3.16. The minimum Gasteiger partial charge on any atom is -0.417 e. The molecule has 0 rings (SSSR count). The summed E-state index contributed by atoms with van der Waals surface area (Å²) in [6.07, 6.45) is 5.34. The molecule has 0 unspecified atom stereocenters. The molecular weight excluding hydrogens is 424 g/mol. The summed E-state index contributed by atoms with van der Waals surface area (Å²) < 4.78 is 11.8. The van der Waals surface area contributed by atoms with Gasteiger partial charge in [-0.25, -0.2) is 0 Å². The van der Waals surface area contributed by atoms with Gasteiger partial charge in [0.1, 0.15) is 6.61 Å². The van der Waals surface area contributed by atoms with Gasteiger partial charge in [-0.3, -0.25) is 0 Å². The SMILES string of the molecule is CC(C)(C)[Si](C)(C)OCC/C=C\CO.CC(C)(C)[Si](C)(C)OCCC#CCO.CCO. The van der Waals surface area contributed by atoms with Gasteiger partial charge < -0.3 is 24.2 Å². The maximum atomic E-state index is 8.54. The summed E-state index contributed by atoms with van der Waals surface area (Å²) >= 11 is 0. The highest BCUT2D eigenvalue weighted by atomic mass is 28.4. The molecule has 0 aliphatic heterocycles. The lowest BCUT2D eigenvalue weighted by Gasteiger charge is -2.36. The second-order valence-corrected chi connectivity index (χ2v) is 19.9. The molecule has 0 aromatic rings. The van der Waals surface area contributed by atoms with Gasteiger partial charge in [0.15, 0.2) is 16.6 Å². The van der Waals surface area contributed by atoms with Crippen LogP contribution < -0.4 is 0 Å². The molecule has 3 N–H and O–H groups in total. The summed E-state index contributed by atoms with van der Waals surface area (Å²) in [6, 6.07) is 0. The van der Waals surface area contributed by atoms with Crippen LogP contribution in [0.3, 0.4) is 0 Å². The van der Waals surface area contributed by atoms with Gasteiger partial charge in [-0.2, -0.15) is 0 Å². The molecule has 0 aromatic carbocycles. The van der Waals surface area contributed by atoms with Crippen LogP contribution in [0.25, 0.3) is 0 Å². The fourth-order valence-electron chi connectivity index (χ4n) is 1.51. The van der Waals surface area contributed by atoms with Crippen molar-refractivity contribution in [3.63, 3.8) is 0 Å². The van der Waals surface area contributed by atoms with Crippen LogP contribution in [0, 0.1) is 11.8 Å². The lowest BCUT2D eigenvalue weighted by molar-refractivity contribution is 0.293. The Morgan fingerprint density at radius 1 is 0.742 bits per heavy atom. The van der Waals surface area contributed by atoms with E-state index in [0.29, 0.717) is 13.0 Å². The van der Waals surface area contributed by atoms with Gasteiger partial charge in [-0.1, -0.05) is 65.5 Å². The van der Waals surface area contributed by atoms with Crippen molar-refractivity contribution in [3.8, 4) is 11.8 Å². The van der Waals surface area contributed by atoms with Gasteiger partial charge in [-0.05, 0) is 49.6 Å². The third kappa shape index (κ3) is 19.9. The predicted molar refractivity (Wildman–Crippen MR) is 139 cm³/mol. The first-order valence-corrected chi connectivity index (χ1v) is 17.1. The van der Waals surface area contributed by atoms with E-state index in [9.17, 15) is 0 Å². The van der Waals surface area contributed by atoms with Crippen LogP contribution >= 0.6 is 0 Å². The first-order chi connectivity index (χ1) is 14.0. The molecular formula is C24H52O5Si2. The van der Waals surface area contributed by atoms with Gasteiger partial charge in [0, 0.05) is 26.2 Å². The second kappa shape index (κ2) is 18.0. The van der Waals surface area contributed by atoms with E-state index in [0.717, 1.165) is 13.0 Å². The molecule has 0 saturated carbocycles. The van der Waals surface area contributed by atoms with Gasteiger partial charge in [-0.15, -0.1) is 0 Å². The third-order valence-corrected chi connectivity index (χ3v) is 14.6. The highest BCUT2D eigenvalue weighted by Crippen LogP contribution is 2.37. The predicted octanol–water partition coefficient (Wildman–Crippen LogP) is 5.34. The summed E-state index contributed by atoms with van der Waals surface area (Å²) in [5.74, 6) is 5.47. The Hall–Kier alpha value is -0.466. The highest BCUT2D eigenvalue weighted by Gasteiger charge is 2.37. The number of hydrogen-bond donors (Lipinski definition) is 3. The van der Waals surface area contributed by atoms with Crippen LogP contribution in [-0.2, 0) is 8.85 Å². The first kappa shape index (κ1) is 35.1. The van der Waals surface area contributed by atoms with Crippen LogP contribution in [0.2, 0.25) is 36.3 Å². The summed E-state index contributed by atoms with van der Waals surface area (Å²) in [4.78, 5) is 0. The van der Waals surface area contributed by atoms with Gasteiger partial charge >= 0.3 is 0 Å². The van der Waals surface area contributed by atoms with E-state index < -0.39 is 16.6 Å². The zero-order valence-corrected chi connectivity index (χ0v) is 24.3. The van der Waals surface area contributed by atoms with Gasteiger partial charge in [0.05, 0.1) is 6.61 Å². The number of aliphatic hydroxyl groups excluding tert-OH is 3. The van der Waals surface area contributed by atoms with Crippen molar-refractivity contribution < 1.29 is 24.2 Å². The molecule has 0 atom stereocenters. The Morgan fingerprint density at radius 2 is 1.16 bits per heavy atom. The molecule has 0 aliphatic carbocycles. The van der Waals surface area contributed by atoms with Crippen molar-refractivity contribution in [1.29, 1.82) is 0 Å². The van der Waals surface area contributed by atoms with E-state index in [-0.39, 0.29) is 29.9 Å². The molecule has 5 nitrogen and oxygen atoms in total. The Kier molecular flexibility index (Phi) is 20.4. The van der Waals surface area contributed by atoms with E-state index in [1.807, 2.05) is 6.08 Å². The summed E-state index contributed by atoms with van der Waals surface area (Å²) in [5, 5.41) is 25.1. The third-order valence-electron chi connectivity index (χ3n) is 5.53. The molecule has 0 spiro atoms. The first-order valence-electron chi connectivity index (χ1n) is 11.2. The van der Waals surface area contributed by atoms with E-state index >= 15 is 0 Å². The summed E-state index contributed by atoms with van der Waals surface area (Å²) in [5.41, 5.74) is 0. The summed E-state index contributed by atoms with van der Waals surface area (Å²) in [6.45, 7) is 25.8. The Balaban J connectivity index is -0.000000448. The quantitative estimate of drug-likeness (QED) is 0.191. The minimum absolute atomic E-state index is 0.0555. The normalized spacial score (nSPS) is 12.3. The van der Waals surface area contributed by atoms with Gasteiger partial charge in [0.2, 0.25) is 0 Å². The van der Waals surface area contributed by atoms with E-state index in [1.165, 1.54) is 0 Å². The Morgan fingerprint density at radius 3 is 1.52 bits per heavy atom. The van der Waals surface area contributed by atoms with E-state index in [1.54, 1.807) is 13.0 Å². The minimum atomic E-state index is -1.60. The molecule has 0 radical (unpaired) electrons. The molecule has 0 bridgehead atoms. The molecule has 0 aliphatic rings. The zero-order valence-electron chi connectivity index (χ0n) is 22.3. The molecule has 0 heterocycles. The van der Waals surface area contributed by atoms with Crippen LogP contribution in [0.15, 0.2) is 12.2 Å². The van der Waals surface area contributed by atoms with Crippen molar-refractivity contribution in [2.24, 2.45) is 0 Å². The van der Waals surface area contributed by atoms with Crippen LogP contribution in [0.5, 0.6) is 0 Å². The number of hydrogen-bond acceptors (Lipinski definition) is 5. The largest absolute Gasteiger partial charge is 0.417 e. The average molecular weight is 477 g/mol. The standard InChI is InChI=1S/C11H24O2Si.C11H22O2Si.C2H6O/c2*1-11(2,3)14(4,5)13-10-8-6-7-9-12;1-2-3/h6-7,12H,8-10H2,1-5H3;12H,8-10H2,1-5H3;3H,2H2,1H3/b7-6-;;. The molecule has 0 aromatic heterocycles. The van der Waals surface area contributed by atoms with Crippen LogP contribution in [-0.4, -0.2) is 65.0 Å². The highest BCUT2D eigenvalue weighted by molar-refractivity contribution is 6.74. The van der Waals surface area contributed by atoms with Crippen molar-refractivity contribution in [1.82, 2.24) is 0 Å². The molecule has 0 saturated heterocycles. The topological polar surface area (TPSA) is 79.2 Å². The fourth-order valence-corrected chi connectivity index (χ4v) is 3.62. The number of rotatable bonds is 8. The smallest absolute Gasteiger partial charge is 0.192 e. The van der Waals surface area contributed by atoms with Crippen molar-refractivity contribution in [3.05, 3.63) is 12.2 Å². The Bertz CT molecular complexity index is 507. The van der Waals surface area contributed by atoms with Crippen molar-refractivity contribution in [2.75, 3.05) is 33.0 Å². The van der Waals surface area contributed by atoms with Crippen LogP contribution in [0.4, 0.5) is 0 Å². The zero-order chi connectivity index (χ0) is 25.2. The van der Waals surface area contributed by atoms with E-state index in [4.69, 9.17) is 24.2 Å². The molecule has 7 heteroatoms. The van der Waals surface area contributed by atoms with Crippen LogP contribution in [0.1, 0.15) is 61.3 Å². The lowest BCUT2D eigenvalue weighted by atomic mass is 10.2. The average Bonchev–Trinajstić information content (AvgIpc) is 2.60. The number of aliphatic hydroxyl groups is 3. The lowest BCUT2D eigenvalue weighted by Crippen LogP contribution is -2.40. The van der Waals surface area contributed by atoms with Crippen molar-refractivity contribution in [2.45, 2.75) is 97.6 Å². The maximum Gasteiger partial charge on any atom is 0.192 e. The second-order valence-electron chi connectivity index (χ2n) is 10.2. The molecule has 0 fully saturated rings. The molecule has 31 heavy (non-hydrogen) atoms. The molecule has 0 amide bonds.